The van der Waals surface area contributed by atoms with Crippen LogP contribution in [0.4, 0.5) is 4.39 Å². The van der Waals surface area contributed by atoms with Crippen LogP contribution in [0.5, 0.6) is 0 Å². The molecule has 1 atom stereocenters. The molecular weight excluding hydrogens is 233 g/mol. The summed E-state index contributed by atoms with van der Waals surface area (Å²) in [6.07, 6.45) is 3.58. The fourth-order valence-electron chi connectivity index (χ4n) is 2.27. The molecule has 0 spiro atoms. The monoisotopic (exact) mass is 247 g/mol. The number of carbonyl (C=O) groups is 1. The molecule has 1 saturated carbocycles. The standard InChI is InChI=1S/C14H14FNO2/c15-8-16-13(10-2-3-10)14(17)11-4-1-9-5-6-18-12(9)7-11/h1,4-7,10,13,16H,2-3,8H2. The molecule has 0 saturated heterocycles. The average molecular weight is 247 g/mol. The van der Waals surface area contributed by atoms with Gasteiger partial charge >= 0.3 is 0 Å². The molecule has 3 rings (SSSR count). The number of furan rings is 1. The van der Waals surface area contributed by atoms with Gasteiger partial charge in [-0.3, -0.25) is 10.1 Å². The first-order valence-electron chi connectivity index (χ1n) is 6.10. The molecule has 1 N–H and O–H groups in total. The van der Waals surface area contributed by atoms with Crippen LogP contribution in [0.15, 0.2) is 34.9 Å². The molecule has 0 amide bonds. The van der Waals surface area contributed by atoms with Gasteiger partial charge in [0.25, 0.3) is 0 Å². The molecule has 0 bridgehead atoms. The Kier molecular flexibility index (Phi) is 2.88. The maximum Gasteiger partial charge on any atom is 0.180 e. The second kappa shape index (κ2) is 4.53. The number of hydrogen-bond acceptors (Lipinski definition) is 3. The molecule has 0 aliphatic heterocycles. The third-order valence-electron chi connectivity index (χ3n) is 3.41. The summed E-state index contributed by atoms with van der Waals surface area (Å²) >= 11 is 0. The number of halogens is 1. The highest BCUT2D eigenvalue weighted by molar-refractivity contribution is 6.02. The zero-order valence-electron chi connectivity index (χ0n) is 9.86. The van der Waals surface area contributed by atoms with Crippen molar-refractivity contribution in [3.8, 4) is 0 Å². The Morgan fingerprint density at radius 1 is 1.44 bits per heavy atom. The summed E-state index contributed by atoms with van der Waals surface area (Å²) in [5.41, 5.74) is 1.27. The fraction of sp³-hybridized carbons (Fsp3) is 0.357. The molecule has 2 aromatic rings. The van der Waals surface area contributed by atoms with Crippen LogP contribution in [0.2, 0.25) is 0 Å². The van der Waals surface area contributed by atoms with E-state index < -0.39 is 12.8 Å². The van der Waals surface area contributed by atoms with E-state index in [0.29, 0.717) is 11.1 Å². The van der Waals surface area contributed by atoms with Crippen LogP contribution in [-0.2, 0) is 0 Å². The number of rotatable bonds is 5. The molecular formula is C14H14FNO2. The minimum absolute atomic E-state index is 0.0477. The third-order valence-corrected chi connectivity index (χ3v) is 3.41. The van der Waals surface area contributed by atoms with E-state index in [9.17, 15) is 9.18 Å². The number of hydrogen-bond donors (Lipinski definition) is 1. The first-order valence-corrected chi connectivity index (χ1v) is 6.10. The summed E-state index contributed by atoms with van der Waals surface area (Å²) in [4.78, 5) is 12.3. The molecule has 1 unspecified atom stereocenters. The van der Waals surface area contributed by atoms with E-state index >= 15 is 0 Å². The Morgan fingerprint density at radius 2 is 2.28 bits per heavy atom. The Labute approximate surface area is 104 Å². The number of ketones is 1. The minimum Gasteiger partial charge on any atom is -0.464 e. The van der Waals surface area contributed by atoms with E-state index in [0.717, 1.165) is 18.2 Å². The minimum atomic E-state index is -0.671. The number of Topliss-reactive ketones (excluding diaryl/α,β-unsaturated/α-hetero) is 1. The van der Waals surface area contributed by atoms with Gasteiger partial charge in [-0.05, 0) is 30.9 Å². The smallest absolute Gasteiger partial charge is 0.180 e. The van der Waals surface area contributed by atoms with Crippen LogP contribution in [0.3, 0.4) is 0 Å². The van der Waals surface area contributed by atoms with Crippen molar-refractivity contribution in [1.82, 2.24) is 5.32 Å². The van der Waals surface area contributed by atoms with Crippen molar-refractivity contribution in [2.75, 3.05) is 6.80 Å². The van der Waals surface area contributed by atoms with Crippen molar-refractivity contribution in [2.24, 2.45) is 5.92 Å². The number of fused-ring (bicyclic) bond motifs is 1. The van der Waals surface area contributed by atoms with Gasteiger partial charge < -0.3 is 4.42 Å². The molecule has 1 aromatic carbocycles. The Morgan fingerprint density at radius 3 is 3.00 bits per heavy atom. The number of nitrogens with one attached hydrogen (secondary N) is 1. The normalized spacial score (nSPS) is 16.9. The number of carbonyl (C=O) groups excluding carboxylic acids is 1. The molecule has 1 aromatic heterocycles. The highest BCUT2D eigenvalue weighted by Gasteiger charge is 2.36. The van der Waals surface area contributed by atoms with Crippen LogP contribution in [0.1, 0.15) is 23.2 Å². The Balaban J connectivity index is 1.89. The molecule has 1 aliphatic rings. The van der Waals surface area contributed by atoms with Gasteiger partial charge in [0.1, 0.15) is 12.4 Å². The van der Waals surface area contributed by atoms with Crippen LogP contribution in [0, 0.1) is 5.92 Å². The van der Waals surface area contributed by atoms with Gasteiger partial charge in [0.05, 0.1) is 12.3 Å². The largest absolute Gasteiger partial charge is 0.464 e. The van der Waals surface area contributed by atoms with Gasteiger partial charge in [-0.1, -0.05) is 12.1 Å². The zero-order valence-corrected chi connectivity index (χ0v) is 9.86. The first-order chi connectivity index (χ1) is 8.79. The summed E-state index contributed by atoms with van der Waals surface area (Å²) < 4.78 is 17.7. The Bertz CT molecular complexity index is 574. The molecule has 4 heteroatoms. The Hall–Kier alpha value is -1.68. The quantitative estimate of drug-likeness (QED) is 0.652. The van der Waals surface area contributed by atoms with Gasteiger partial charge in [0.15, 0.2) is 5.78 Å². The lowest BCUT2D eigenvalue weighted by molar-refractivity contribution is 0.0922. The second-order valence-electron chi connectivity index (χ2n) is 4.69. The molecule has 1 fully saturated rings. The van der Waals surface area contributed by atoms with E-state index in [1.165, 1.54) is 0 Å². The summed E-state index contributed by atoms with van der Waals surface area (Å²) in [6.45, 7) is -0.671. The van der Waals surface area contributed by atoms with Gasteiger partial charge in [-0.2, -0.15) is 0 Å². The van der Waals surface area contributed by atoms with Crippen molar-refractivity contribution in [1.29, 1.82) is 0 Å². The highest BCUT2D eigenvalue weighted by atomic mass is 19.1. The van der Waals surface area contributed by atoms with E-state index in [2.05, 4.69) is 5.32 Å². The van der Waals surface area contributed by atoms with E-state index in [-0.39, 0.29) is 11.7 Å². The molecule has 0 radical (unpaired) electrons. The summed E-state index contributed by atoms with van der Waals surface area (Å²) in [6, 6.07) is 6.80. The van der Waals surface area contributed by atoms with Gasteiger partial charge in [0.2, 0.25) is 0 Å². The SMILES string of the molecule is O=C(c1ccc2ccoc2c1)C(NCF)C1CC1. The highest BCUT2D eigenvalue weighted by Crippen LogP contribution is 2.34. The van der Waals surface area contributed by atoms with Crippen molar-refractivity contribution >= 4 is 16.8 Å². The maximum absolute atomic E-state index is 12.4. The maximum atomic E-state index is 12.4. The van der Waals surface area contributed by atoms with Crippen molar-refractivity contribution in [3.05, 3.63) is 36.1 Å². The summed E-state index contributed by atoms with van der Waals surface area (Å²) in [7, 11) is 0. The zero-order chi connectivity index (χ0) is 12.5. The van der Waals surface area contributed by atoms with Crippen LogP contribution in [-0.4, -0.2) is 18.6 Å². The number of alkyl halides is 1. The van der Waals surface area contributed by atoms with E-state index in [4.69, 9.17) is 4.42 Å². The van der Waals surface area contributed by atoms with Gasteiger partial charge in [-0.15, -0.1) is 0 Å². The predicted octanol–water partition coefficient (Wildman–Crippen LogP) is 2.91. The van der Waals surface area contributed by atoms with E-state index in [1.807, 2.05) is 12.1 Å². The van der Waals surface area contributed by atoms with Crippen molar-refractivity contribution in [3.63, 3.8) is 0 Å². The summed E-state index contributed by atoms with van der Waals surface area (Å²) in [5.74, 6) is 0.231. The molecule has 3 nitrogen and oxygen atoms in total. The van der Waals surface area contributed by atoms with Gasteiger partial charge in [0, 0.05) is 10.9 Å². The van der Waals surface area contributed by atoms with Crippen LogP contribution < -0.4 is 5.32 Å². The van der Waals surface area contributed by atoms with Crippen LogP contribution >= 0.6 is 0 Å². The lowest BCUT2D eigenvalue weighted by Gasteiger charge is -2.14. The third kappa shape index (κ3) is 2.04. The van der Waals surface area contributed by atoms with Crippen molar-refractivity contribution < 1.29 is 13.6 Å². The molecule has 18 heavy (non-hydrogen) atoms. The first kappa shape index (κ1) is 11.4. The number of benzene rings is 1. The molecule has 94 valence electrons. The van der Waals surface area contributed by atoms with Gasteiger partial charge in [-0.25, -0.2) is 4.39 Å². The van der Waals surface area contributed by atoms with Crippen molar-refractivity contribution in [2.45, 2.75) is 18.9 Å². The summed E-state index contributed by atoms with van der Waals surface area (Å²) in [5, 5.41) is 3.60. The molecule has 1 heterocycles. The lowest BCUT2D eigenvalue weighted by atomic mass is 10.00. The van der Waals surface area contributed by atoms with E-state index in [1.54, 1.807) is 18.4 Å². The van der Waals surface area contributed by atoms with Crippen LogP contribution in [0.25, 0.3) is 11.0 Å². The molecule has 1 aliphatic carbocycles. The predicted molar refractivity (Wildman–Crippen MR) is 66.2 cm³/mol. The topological polar surface area (TPSA) is 42.2 Å². The second-order valence-corrected chi connectivity index (χ2v) is 4.69. The fourth-order valence-corrected chi connectivity index (χ4v) is 2.27. The lowest BCUT2D eigenvalue weighted by Crippen LogP contribution is -2.38. The average Bonchev–Trinajstić information content (AvgIpc) is 3.12.